The number of benzene rings is 1. The topological polar surface area (TPSA) is 50.7 Å². The van der Waals surface area contributed by atoms with E-state index in [4.69, 9.17) is 27.9 Å². The monoisotopic (exact) mass is 332 g/mol. The van der Waals surface area contributed by atoms with Gasteiger partial charge in [0.05, 0.1) is 23.5 Å². The molecule has 1 aliphatic rings. The lowest BCUT2D eigenvalue weighted by molar-refractivity contribution is -0.142. The Bertz CT molecular complexity index is 537. The zero-order chi connectivity index (χ0) is 14.5. The number of rotatable bonds is 3. The molecule has 1 aromatic carbocycles. The highest BCUT2D eigenvalue weighted by atomic mass is 35.5. The molecule has 1 heterocycles. The molecule has 0 amide bonds. The highest BCUT2D eigenvalue weighted by molar-refractivity contribution is 7.99. The van der Waals surface area contributed by atoms with Crippen molar-refractivity contribution >= 4 is 52.3 Å². The van der Waals surface area contributed by atoms with Crippen molar-refractivity contribution in [2.75, 3.05) is 24.0 Å². The fraction of sp³-hybridized carbons (Fsp3) is 0.385. The van der Waals surface area contributed by atoms with Gasteiger partial charge in [0.15, 0.2) is 0 Å². The Morgan fingerprint density at radius 2 is 2.30 bits per heavy atom. The van der Waals surface area contributed by atoms with Crippen molar-refractivity contribution < 1.29 is 9.53 Å². The number of nitrogens with zero attached hydrogens (tertiary/aromatic N) is 1. The number of esters is 1. The third kappa shape index (κ3) is 3.81. The minimum absolute atomic E-state index is 0.250. The summed E-state index contributed by atoms with van der Waals surface area (Å²) in [5, 5.41) is 5.37. The molecule has 1 N–H and O–H groups in total. The molecule has 0 aliphatic carbocycles. The second kappa shape index (κ2) is 7.20. The largest absolute Gasteiger partial charge is 0.468 e. The number of thioether (sulfide) groups is 1. The van der Waals surface area contributed by atoms with Crippen molar-refractivity contribution in [3.05, 3.63) is 28.2 Å². The zero-order valence-corrected chi connectivity index (χ0v) is 13.2. The van der Waals surface area contributed by atoms with Crippen molar-refractivity contribution in [3.8, 4) is 0 Å². The molecule has 0 bridgehead atoms. The Morgan fingerprint density at radius 1 is 1.50 bits per heavy atom. The maximum atomic E-state index is 11.7. The van der Waals surface area contributed by atoms with Crippen molar-refractivity contribution in [1.29, 1.82) is 0 Å². The molecule has 7 heteroatoms. The van der Waals surface area contributed by atoms with E-state index in [9.17, 15) is 4.79 Å². The third-order valence-electron chi connectivity index (χ3n) is 2.93. The van der Waals surface area contributed by atoms with Gasteiger partial charge in [-0.15, -0.1) is 0 Å². The number of carbonyl (C=O) groups excluding carboxylic acids is 1. The molecular weight excluding hydrogens is 319 g/mol. The van der Waals surface area contributed by atoms with Crippen LogP contribution < -0.4 is 5.43 Å². The number of hydrogen-bond acceptors (Lipinski definition) is 5. The molecular formula is C13H14Cl2N2O2S. The molecule has 4 nitrogen and oxygen atoms in total. The number of ether oxygens (including phenoxy) is 1. The quantitative estimate of drug-likeness (QED) is 0.677. The maximum Gasteiger partial charge on any atom is 0.315 e. The van der Waals surface area contributed by atoms with Crippen LogP contribution in [0.25, 0.3) is 0 Å². The van der Waals surface area contributed by atoms with Gasteiger partial charge in [-0.1, -0.05) is 23.2 Å². The summed E-state index contributed by atoms with van der Waals surface area (Å²) in [6.07, 6.45) is 0.753. The van der Waals surface area contributed by atoms with Gasteiger partial charge in [0.25, 0.3) is 0 Å². The Kier molecular flexibility index (Phi) is 5.57. The van der Waals surface area contributed by atoms with E-state index in [1.165, 1.54) is 7.11 Å². The molecule has 1 saturated heterocycles. The average molecular weight is 333 g/mol. The first-order valence-electron chi connectivity index (χ1n) is 6.05. The van der Waals surface area contributed by atoms with Crippen molar-refractivity contribution in [3.63, 3.8) is 0 Å². The molecule has 1 aliphatic heterocycles. The molecule has 0 saturated carbocycles. The van der Waals surface area contributed by atoms with Gasteiger partial charge in [0.1, 0.15) is 5.92 Å². The second-order valence-electron chi connectivity index (χ2n) is 4.24. The van der Waals surface area contributed by atoms with Crippen molar-refractivity contribution in [1.82, 2.24) is 0 Å². The lowest BCUT2D eigenvalue weighted by Crippen LogP contribution is -2.31. The maximum absolute atomic E-state index is 11.7. The number of hydrazone groups is 1. The van der Waals surface area contributed by atoms with Crippen LogP contribution >= 0.6 is 35.0 Å². The summed E-state index contributed by atoms with van der Waals surface area (Å²) in [6.45, 7) is 0. The van der Waals surface area contributed by atoms with Crippen molar-refractivity contribution in [2.24, 2.45) is 11.0 Å². The molecule has 1 unspecified atom stereocenters. The summed E-state index contributed by atoms with van der Waals surface area (Å²) >= 11 is 13.6. The fourth-order valence-electron chi connectivity index (χ4n) is 1.84. The minimum Gasteiger partial charge on any atom is -0.468 e. The van der Waals surface area contributed by atoms with E-state index in [1.807, 2.05) is 0 Å². The first kappa shape index (κ1) is 15.5. The fourth-order valence-corrected chi connectivity index (χ4v) is 3.38. The van der Waals surface area contributed by atoms with Gasteiger partial charge in [-0.2, -0.15) is 16.9 Å². The Morgan fingerprint density at radius 3 is 3.00 bits per heavy atom. The van der Waals surface area contributed by atoms with Crippen LogP contribution in [0.15, 0.2) is 23.3 Å². The molecule has 1 fully saturated rings. The number of halogens is 2. The second-order valence-corrected chi connectivity index (χ2v) is 6.23. The van der Waals surface area contributed by atoms with Crippen LogP contribution in [0, 0.1) is 5.92 Å². The summed E-state index contributed by atoms with van der Waals surface area (Å²) in [6, 6.07) is 5.12. The van der Waals surface area contributed by atoms with Gasteiger partial charge < -0.3 is 4.74 Å². The normalized spacial score (nSPS) is 20.8. The SMILES string of the molecule is COC(=O)C1CSCC/C1=N/Nc1ccc(Cl)cc1Cl. The summed E-state index contributed by atoms with van der Waals surface area (Å²) in [4.78, 5) is 11.7. The number of methoxy groups -OCH3 is 1. The van der Waals surface area contributed by atoms with Crippen LogP contribution in [0.1, 0.15) is 6.42 Å². The molecule has 108 valence electrons. The lowest BCUT2D eigenvalue weighted by Gasteiger charge is -2.21. The lowest BCUT2D eigenvalue weighted by atomic mass is 10.0. The van der Waals surface area contributed by atoms with Gasteiger partial charge in [-0.05, 0) is 30.4 Å². The van der Waals surface area contributed by atoms with E-state index >= 15 is 0 Å². The Labute approximate surface area is 131 Å². The first-order valence-corrected chi connectivity index (χ1v) is 7.96. The van der Waals surface area contributed by atoms with Gasteiger partial charge >= 0.3 is 5.97 Å². The van der Waals surface area contributed by atoms with Crippen molar-refractivity contribution in [2.45, 2.75) is 6.42 Å². The Balaban J connectivity index is 2.13. The standard InChI is InChI=1S/C13H14Cl2N2O2S/c1-19-13(18)9-7-20-5-4-11(9)16-17-12-3-2-8(14)6-10(12)15/h2-3,6,9,17H,4-5,7H2,1H3/b16-11-. The summed E-state index contributed by atoms with van der Waals surface area (Å²) in [5.74, 6) is 1.10. The smallest absolute Gasteiger partial charge is 0.315 e. The number of anilines is 1. The van der Waals surface area contributed by atoms with E-state index in [1.54, 1.807) is 30.0 Å². The third-order valence-corrected chi connectivity index (χ3v) is 4.54. The van der Waals surface area contributed by atoms with E-state index in [-0.39, 0.29) is 11.9 Å². The van der Waals surface area contributed by atoms with Gasteiger partial charge in [0, 0.05) is 10.8 Å². The van der Waals surface area contributed by atoms with Crippen LogP contribution in [-0.2, 0) is 9.53 Å². The predicted molar refractivity (Wildman–Crippen MR) is 85.0 cm³/mol. The van der Waals surface area contributed by atoms with E-state index in [2.05, 4.69) is 10.5 Å². The summed E-state index contributed by atoms with van der Waals surface area (Å²) < 4.78 is 4.81. The van der Waals surface area contributed by atoms with Crippen LogP contribution in [0.4, 0.5) is 5.69 Å². The van der Waals surface area contributed by atoms with E-state index in [0.717, 1.165) is 17.9 Å². The average Bonchev–Trinajstić information content (AvgIpc) is 2.46. The van der Waals surface area contributed by atoms with E-state index < -0.39 is 0 Å². The highest BCUT2D eigenvalue weighted by Crippen LogP contribution is 2.26. The van der Waals surface area contributed by atoms with Gasteiger partial charge in [-0.3, -0.25) is 10.2 Å². The van der Waals surface area contributed by atoms with Gasteiger partial charge in [0.2, 0.25) is 0 Å². The minimum atomic E-state index is -0.294. The summed E-state index contributed by atoms with van der Waals surface area (Å²) in [7, 11) is 1.39. The molecule has 1 aromatic rings. The molecule has 0 aromatic heterocycles. The molecule has 2 rings (SSSR count). The van der Waals surface area contributed by atoms with Crippen LogP contribution in [-0.4, -0.2) is 30.3 Å². The summed E-state index contributed by atoms with van der Waals surface area (Å²) in [5.41, 5.74) is 4.35. The number of nitrogens with one attached hydrogen (secondary N) is 1. The molecule has 20 heavy (non-hydrogen) atoms. The Hall–Kier alpha value is -0.910. The number of carbonyl (C=O) groups is 1. The van der Waals surface area contributed by atoms with Crippen LogP contribution in [0.2, 0.25) is 10.0 Å². The highest BCUT2D eigenvalue weighted by Gasteiger charge is 2.28. The van der Waals surface area contributed by atoms with Gasteiger partial charge in [-0.25, -0.2) is 0 Å². The van der Waals surface area contributed by atoms with Crippen LogP contribution in [0.3, 0.4) is 0 Å². The zero-order valence-electron chi connectivity index (χ0n) is 10.9. The molecule has 1 atom stereocenters. The predicted octanol–water partition coefficient (Wildman–Crippen LogP) is 3.69. The number of hydrogen-bond donors (Lipinski definition) is 1. The molecule has 0 spiro atoms. The van der Waals surface area contributed by atoms with Crippen LogP contribution in [0.5, 0.6) is 0 Å². The first-order chi connectivity index (χ1) is 9.61. The molecule has 0 radical (unpaired) electrons. The van der Waals surface area contributed by atoms with E-state index in [0.29, 0.717) is 21.5 Å².